The second kappa shape index (κ2) is 7.76. The van der Waals surface area contributed by atoms with E-state index in [1.54, 1.807) is 11.8 Å². The molecule has 0 N–H and O–H groups in total. The lowest BCUT2D eigenvalue weighted by Crippen LogP contribution is -2.56. The molecule has 0 aromatic heterocycles. The van der Waals surface area contributed by atoms with Gasteiger partial charge in [-0.1, -0.05) is 47.6 Å². The third kappa shape index (κ3) is 3.84. The molecule has 1 aromatic rings. The molecule has 4 rings (SSSR count). The lowest BCUT2D eigenvalue weighted by atomic mass is 10.0. The molecule has 172 valence electrons. The average Bonchev–Trinajstić information content (AvgIpc) is 3.10. The maximum Gasteiger partial charge on any atom is 0.350 e. The van der Waals surface area contributed by atoms with Crippen LogP contribution in [0, 0.1) is 0 Å². The molecule has 2 fully saturated rings. The zero-order valence-corrected chi connectivity index (χ0v) is 21.5. The van der Waals surface area contributed by atoms with Crippen molar-refractivity contribution in [2.24, 2.45) is 0 Å². The molecule has 0 aliphatic carbocycles. The summed E-state index contributed by atoms with van der Waals surface area (Å²) in [6.07, 6.45) is -0.509. The minimum Gasteiger partial charge on any atom is -0.469 e. The van der Waals surface area contributed by atoms with Crippen LogP contribution in [0.4, 0.5) is 0 Å². The maximum absolute atomic E-state index is 11.7. The topological polar surface area (TPSA) is 63.2 Å². The highest BCUT2D eigenvalue weighted by Crippen LogP contribution is 2.59. The molecular weight excluding hydrogens is 432 g/mol. The normalized spacial score (nSPS) is 31.8. The average molecular weight is 467 g/mol. The molecule has 0 spiro atoms. The van der Waals surface area contributed by atoms with Gasteiger partial charge in [-0.25, -0.2) is 0 Å². The van der Waals surface area contributed by atoms with E-state index in [-0.39, 0.29) is 46.0 Å². The molecule has 0 unspecified atom stereocenters. The van der Waals surface area contributed by atoms with Crippen molar-refractivity contribution in [1.82, 2.24) is 0 Å². The van der Waals surface area contributed by atoms with Gasteiger partial charge in [0, 0.05) is 10.1 Å². The van der Waals surface area contributed by atoms with E-state index in [0.29, 0.717) is 0 Å². The van der Waals surface area contributed by atoms with Crippen LogP contribution in [0.2, 0.25) is 10.1 Å². The fourth-order valence-corrected chi connectivity index (χ4v) is 11.6. The summed E-state index contributed by atoms with van der Waals surface area (Å²) in [5, 5.41) is -0.228. The summed E-state index contributed by atoms with van der Waals surface area (Å²) in [7, 11) is -1.22. The molecule has 5 atom stereocenters. The minimum absolute atomic E-state index is 0.0406. The van der Waals surface area contributed by atoms with Crippen LogP contribution in [0.5, 0.6) is 5.75 Å². The maximum atomic E-state index is 11.7. The van der Waals surface area contributed by atoms with E-state index in [1.807, 2.05) is 18.2 Å². The fourth-order valence-electron chi connectivity index (χ4n) is 5.10. The summed E-state index contributed by atoms with van der Waals surface area (Å²) in [4.78, 5) is 12.7. The second-order valence-corrected chi connectivity index (χ2v) is 16.6. The molecule has 0 bridgehead atoms. The van der Waals surface area contributed by atoms with Gasteiger partial charge in [0.25, 0.3) is 0 Å². The summed E-state index contributed by atoms with van der Waals surface area (Å²) >= 11 is 1.71. The summed E-state index contributed by atoms with van der Waals surface area (Å²) in [5.41, 5.74) is 0.901. The Morgan fingerprint density at radius 3 is 2.35 bits per heavy atom. The number of methoxy groups -OCH3 is 1. The number of ether oxygens (including phenoxy) is 3. The van der Waals surface area contributed by atoms with Gasteiger partial charge in [0.1, 0.15) is 5.75 Å². The number of hydrogen-bond donors (Lipinski definition) is 0. The molecule has 8 heteroatoms. The smallest absolute Gasteiger partial charge is 0.350 e. The molecule has 31 heavy (non-hydrogen) atoms. The van der Waals surface area contributed by atoms with Crippen LogP contribution < -0.4 is 4.74 Å². The summed E-state index contributed by atoms with van der Waals surface area (Å²) in [6.45, 7) is 15.4. The van der Waals surface area contributed by atoms with E-state index in [0.717, 1.165) is 16.2 Å². The van der Waals surface area contributed by atoms with E-state index in [1.165, 1.54) is 7.11 Å². The lowest BCUT2D eigenvalue weighted by Gasteiger charge is -2.46. The van der Waals surface area contributed by atoms with Crippen molar-refractivity contribution in [3.63, 3.8) is 0 Å². The summed E-state index contributed by atoms with van der Waals surface area (Å²) in [6, 6.07) is 5.82. The predicted molar refractivity (Wildman–Crippen MR) is 122 cm³/mol. The Kier molecular flexibility index (Phi) is 5.79. The summed E-state index contributed by atoms with van der Waals surface area (Å²) in [5.74, 6) is 0.521. The zero-order chi connectivity index (χ0) is 22.8. The molecule has 3 aliphatic heterocycles. The van der Waals surface area contributed by atoms with Gasteiger partial charge < -0.3 is 23.1 Å². The Morgan fingerprint density at radius 1 is 1.10 bits per heavy atom. The minimum atomic E-state index is -2.62. The molecule has 0 saturated carbocycles. The molecule has 6 nitrogen and oxygen atoms in total. The van der Waals surface area contributed by atoms with E-state index in [2.05, 4.69) is 48.5 Å². The highest BCUT2D eigenvalue weighted by molar-refractivity contribution is 8.00. The Balaban J connectivity index is 1.66. The Hall–Kier alpha value is -1.06. The van der Waals surface area contributed by atoms with Crippen molar-refractivity contribution in [3.05, 3.63) is 23.8 Å². The third-order valence-corrected chi connectivity index (χ3v) is 12.9. The highest BCUT2D eigenvalue weighted by atomic mass is 32.2. The highest BCUT2D eigenvalue weighted by Gasteiger charge is 2.68. The van der Waals surface area contributed by atoms with E-state index >= 15 is 0 Å². The third-order valence-electron chi connectivity index (χ3n) is 6.40. The Labute approximate surface area is 190 Å². The first kappa shape index (κ1) is 23.1. The van der Waals surface area contributed by atoms with Gasteiger partial charge >= 0.3 is 14.5 Å². The van der Waals surface area contributed by atoms with Crippen molar-refractivity contribution >= 4 is 26.3 Å². The molecular formula is C23H34O6SSi. The van der Waals surface area contributed by atoms with Crippen LogP contribution in [-0.4, -0.2) is 51.5 Å². The monoisotopic (exact) mass is 466 g/mol. The van der Waals surface area contributed by atoms with Gasteiger partial charge in [0.15, 0.2) is 0 Å². The van der Waals surface area contributed by atoms with Crippen molar-refractivity contribution in [2.45, 2.75) is 99.7 Å². The van der Waals surface area contributed by atoms with Gasteiger partial charge in [0.2, 0.25) is 6.29 Å². The number of hydrogen-bond acceptors (Lipinski definition) is 7. The lowest BCUT2D eigenvalue weighted by molar-refractivity contribution is -0.187. The number of esters is 1. The van der Waals surface area contributed by atoms with Gasteiger partial charge in [-0.15, -0.1) is 11.8 Å². The van der Waals surface area contributed by atoms with E-state index in [9.17, 15) is 4.79 Å². The molecule has 0 amide bonds. The van der Waals surface area contributed by atoms with Crippen molar-refractivity contribution in [3.8, 4) is 5.75 Å². The fraction of sp³-hybridized carbons (Fsp3) is 0.696. The quantitative estimate of drug-likeness (QED) is 0.457. The number of benzene rings is 1. The molecule has 1 aromatic carbocycles. The van der Waals surface area contributed by atoms with Crippen LogP contribution in [0.3, 0.4) is 0 Å². The van der Waals surface area contributed by atoms with E-state index < -0.39 is 14.9 Å². The molecule has 0 radical (unpaired) electrons. The largest absolute Gasteiger partial charge is 0.469 e. The Morgan fingerprint density at radius 2 is 1.74 bits per heavy atom. The summed E-state index contributed by atoms with van der Waals surface area (Å²) < 4.78 is 31.3. The number of rotatable bonds is 2. The first-order valence-electron chi connectivity index (χ1n) is 10.9. The first-order valence-corrected chi connectivity index (χ1v) is 13.6. The van der Waals surface area contributed by atoms with Crippen molar-refractivity contribution in [2.75, 3.05) is 7.11 Å². The van der Waals surface area contributed by atoms with Crippen LogP contribution in [0.15, 0.2) is 23.1 Å². The van der Waals surface area contributed by atoms with Gasteiger partial charge in [-0.2, -0.15) is 0 Å². The SMILES string of the molecule is COC(=O)Cc1ccc2c(c1)S[C@@H]1[C@H](O2)O[C@@H](C)[C@H]2O[Si](C(C)(C)C)(C(C)(C)C)O[C@H]21. The number of carbonyl (C=O) groups is 1. The van der Waals surface area contributed by atoms with E-state index in [4.69, 9.17) is 23.1 Å². The van der Waals surface area contributed by atoms with Crippen LogP contribution >= 0.6 is 11.8 Å². The number of carbonyl (C=O) groups excluding carboxylic acids is 1. The van der Waals surface area contributed by atoms with Crippen LogP contribution in [-0.2, 0) is 29.5 Å². The standard InChI is InChI=1S/C23H34O6SSi/c1-13-18-19(29-31(28-18,22(2,3)4)23(5,6)7)20-21(26-13)27-15-10-9-14(11-16(15)30-20)12-17(24)25-8/h9-11,13,18-21H,12H2,1-8H3/t13-,18+,19+,20-,21-/m0/s1. The first-order chi connectivity index (χ1) is 14.4. The van der Waals surface area contributed by atoms with Gasteiger partial charge in [-0.3, -0.25) is 4.79 Å². The zero-order valence-electron chi connectivity index (χ0n) is 19.7. The molecule has 3 heterocycles. The number of fused-ring (bicyclic) bond motifs is 4. The van der Waals surface area contributed by atoms with Crippen molar-refractivity contribution in [1.29, 1.82) is 0 Å². The molecule has 2 saturated heterocycles. The van der Waals surface area contributed by atoms with Crippen molar-refractivity contribution < 1.29 is 27.9 Å². The number of thioether (sulfide) groups is 1. The van der Waals surface area contributed by atoms with Gasteiger partial charge in [0.05, 0.1) is 42.0 Å². The van der Waals surface area contributed by atoms with Crippen LogP contribution in [0.1, 0.15) is 54.0 Å². The van der Waals surface area contributed by atoms with Gasteiger partial charge in [-0.05, 0) is 24.6 Å². The van der Waals surface area contributed by atoms with Crippen LogP contribution in [0.25, 0.3) is 0 Å². The Bertz CT molecular complexity index is 847. The second-order valence-electron chi connectivity index (χ2n) is 10.7. The molecule has 3 aliphatic rings. The predicted octanol–water partition coefficient (Wildman–Crippen LogP) is 4.83.